The number of aromatic amines is 1. The Morgan fingerprint density at radius 3 is 3.00 bits per heavy atom. The summed E-state index contributed by atoms with van der Waals surface area (Å²) in [5.74, 6) is 0. The van der Waals surface area contributed by atoms with Crippen molar-refractivity contribution in [3.05, 3.63) is 24.7 Å². The molecule has 0 atom stereocenters. The van der Waals surface area contributed by atoms with Gasteiger partial charge in [0, 0.05) is 6.20 Å². The van der Waals surface area contributed by atoms with Crippen LogP contribution in [0.4, 0.5) is 0 Å². The van der Waals surface area contributed by atoms with Crippen molar-refractivity contribution in [2.45, 2.75) is 13.8 Å². The van der Waals surface area contributed by atoms with Gasteiger partial charge in [-0.15, -0.1) is 0 Å². The molecule has 0 radical (unpaired) electrons. The van der Waals surface area contributed by atoms with E-state index in [9.17, 15) is 0 Å². The lowest BCUT2D eigenvalue weighted by molar-refractivity contribution is 0.976. The number of H-pyrrole nitrogens is 1. The van der Waals surface area contributed by atoms with Crippen molar-refractivity contribution in [3.63, 3.8) is 0 Å². The number of nitrogens with one attached hydrogen (secondary N) is 1. The van der Waals surface area contributed by atoms with E-state index in [0.717, 1.165) is 5.65 Å². The molecule has 0 aliphatic carbocycles. The van der Waals surface area contributed by atoms with Crippen LogP contribution in [0.2, 0.25) is 0 Å². The van der Waals surface area contributed by atoms with Crippen molar-refractivity contribution in [2.75, 3.05) is 0 Å². The van der Waals surface area contributed by atoms with E-state index in [1.165, 1.54) is 0 Å². The summed E-state index contributed by atoms with van der Waals surface area (Å²) in [5.41, 5.74) is 0.963. The second-order valence-corrected chi connectivity index (χ2v) is 1.62. The molecule has 0 unspecified atom stereocenters. The normalized spacial score (nSPS) is 9.00. The van der Waals surface area contributed by atoms with Crippen LogP contribution in [0.25, 0.3) is 5.65 Å². The molecule has 0 fully saturated rings. The zero-order valence-electron chi connectivity index (χ0n) is 6.20. The van der Waals surface area contributed by atoms with Crippen molar-refractivity contribution < 1.29 is 0 Å². The van der Waals surface area contributed by atoms with Gasteiger partial charge in [-0.3, -0.25) is 5.10 Å². The molecule has 2 rings (SSSR count). The Bertz CT molecular complexity index is 230. The molecular formula is C7H11N3. The van der Waals surface area contributed by atoms with E-state index >= 15 is 0 Å². The molecule has 3 heteroatoms. The van der Waals surface area contributed by atoms with Gasteiger partial charge in [-0.2, -0.15) is 0 Å². The fourth-order valence-electron chi connectivity index (χ4n) is 0.743. The summed E-state index contributed by atoms with van der Waals surface area (Å²) in [7, 11) is 0. The summed E-state index contributed by atoms with van der Waals surface area (Å²) >= 11 is 0. The van der Waals surface area contributed by atoms with Gasteiger partial charge >= 0.3 is 0 Å². The molecular weight excluding hydrogens is 126 g/mol. The molecule has 0 saturated heterocycles. The summed E-state index contributed by atoms with van der Waals surface area (Å²) in [6.45, 7) is 4.00. The molecule has 0 saturated carbocycles. The fourth-order valence-corrected chi connectivity index (χ4v) is 0.743. The average molecular weight is 137 g/mol. The van der Waals surface area contributed by atoms with Crippen LogP contribution in [0.5, 0.6) is 0 Å². The first-order valence-electron chi connectivity index (χ1n) is 3.43. The third-order valence-corrected chi connectivity index (χ3v) is 1.12. The Hall–Kier alpha value is -1.25. The summed E-state index contributed by atoms with van der Waals surface area (Å²) in [5, 5.41) is 2.91. The van der Waals surface area contributed by atoms with Gasteiger partial charge in [-0.05, 0) is 12.1 Å². The van der Waals surface area contributed by atoms with E-state index in [-0.39, 0.29) is 0 Å². The Labute approximate surface area is 59.7 Å². The number of hydrogen-bond acceptors (Lipinski definition) is 1. The van der Waals surface area contributed by atoms with Gasteiger partial charge in [-0.25, -0.2) is 9.50 Å². The minimum absolute atomic E-state index is 0.963. The summed E-state index contributed by atoms with van der Waals surface area (Å²) in [6.07, 6.45) is 3.58. The van der Waals surface area contributed by atoms with Crippen molar-refractivity contribution in [2.24, 2.45) is 0 Å². The van der Waals surface area contributed by atoms with E-state index < -0.39 is 0 Å². The Kier molecular flexibility index (Phi) is 2.10. The van der Waals surface area contributed by atoms with Crippen LogP contribution in [0.3, 0.4) is 0 Å². The van der Waals surface area contributed by atoms with Crippen molar-refractivity contribution >= 4 is 5.65 Å². The predicted octanol–water partition coefficient (Wildman–Crippen LogP) is 1.69. The maximum Gasteiger partial charge on any atom is 0.153 e. The van der Waals surface area contributed by atoms with Crippen molar-refractivity contribution in [1.29, 1.82) is 0 Å². The SMILES string of the molecule is CC.c1cc2nc[nH]n2c1. The van der Waals surface area contributed by atoms with Crippen LogP contribution in [0, 0.1) is 0 Å². The fraction of sp³-hybridized carbons (Fsp3) is 0.286. The summed E-state index contributed by atoms with van der Waals surface area (Å²) in [6, 6.07) is 3.88. The lowest BCUT2D eigenvalue weighted by Gasteiger charge is -1.74. The maximum absolute atomic E-state index is 3.99. The third kappa shape index (κ3) is 1.03. The number of aromatic nitrogens is 3. The van der Waals surface area contributed by atoms with E-state index in [0.29, 0.717) is 0 Å². The van der Waals surface area contributed by atoms with Gasteiger partial charge < -0.3 is 0 Å². The topological polar surface area (TPSA) is 33.1 Å². The first kappa shape index (κ1) is 6.86. The molecule has 0 aliphatic heterocycles. The highest BCUT2D eigenvalue weighted by Crippen LogP contribution is 1.94. The zero-order chi connectivity index (χ0) is 7.40. The quantitative estimate of drug-likeness (QED) is 0.589. The van der Waals surface area contributed by atoms with E-state index in [1.807, 2.05) is 36.7 Å². The number of nitrogens with zero attached hydrogens (tertiary/aromatic N) is 2. The number of fused-ring (bicyclic) bond motifs is 1. The number of hydrogen-bond donors (Lipinski definition) is 1. The van der Waals surface area contributed by atoms with Gasteiger partial charge in [0.25, 0.3) is 0 Å². The molecule has 0 aromatic carbocycles. The Morgan fingerprint density at radius 1 is 1.50 bits per heavy atom. The summed E-state index contributed by atoms with van der Waals surface area (Å²) in [4.78, 5) is 3.99. The molecule has 10 heavy (non-hydrogen) atoms. The van der Waals surface area contributed by atoms with Crippen molar-refractivity contribution in [1.82, 2.24) is 14.6 Å². The van der Waals surface area contributed by atoms with Gasteiger partial charge in [0.2, 0.25) is 0 Å². The highest BCUT2D eigenvalue weighted by atomic mass is 15.3. The predicted molar refractivity (Wildman–Crippen MR) is 40.9 cm³/mol. The molecule has 2 heterocycles. The van der Waals surface area contributed by atoms with Crippen LogP contribution in [-0.4, -0.2) is 14.6 Å². The summed E-state index contributed by atoms with van der Waals surface area (Å²) < 4.78 is 1.85. The monoisotopic (exact) mass is 137 g/mol. The number of rotatable bonds is 0. The average Bonchev–Trinajstić information content (AvgIpc) is 2.49. The zero-order valence-corrected chi connectivity index (χ0v) is 6.20. The second kappa shape index (κ2) is 3.06. The molecule has 2 aromatic rings. The van der Waals surface area contributed by atoms with Gasteiger partial charge in [-0.1, -0.05) is 13.8 Å². The lowest BCUT2D eigenvalue weighted by atomic mass is 10.6. The first-order valence-corrected chi connectivity index (χ1v) is 3.43. The maximum atomic E-state index is 3.99. The van der Waals surface area contributed by atoms with E-state index in [1.54, 1.807) is 6.33 Å². The highest BCUT2D eigenvalue weighted by molar-refractivity contribution is 5.35. The highest BCUT2D eigenvalue weighted by Gasteiger charge is 1.87. The van der Waals surface area contributed by atoms with Crippen LogP contribution in [0.15, 0.2) is 24.7 Å². The second-order valence-electron chi connectivity index (χ2n) is 1.62. The third-order valence-electron chi connectivity index (χ3n) is 1.12. The molecule has 0 spiro atoms. The smallest absolute Gasteiger partial charge is 0.153 e. The molecule has 3 nitrogen and oxygen atoms in total. The Balaban J connectivity index is 0.000000231. The molecule has 54 valence electrons. The van der Waals surface area contributed by atoms with E-state index in [4.69, 9.17) is 0 Å². The largest absolute Gasteiger partial charge is 0.282 e. The van der Waals surface area contributed by atoms with Crippen molar-refractivity contribution in [3.8, 4) is 0 Å². The first-order chi connectivity index (χ1) is 4.97. The van der Waals surface area contributed by atoms with Crippen LogP contribution in [-0.2, 0) is 0 Å². The van der Waals surface area contributed by atoms with Gasteiger partial charge in [0.05, 0.1) is 0 Å². The van der Waals surface area contributed by atoms with Crippen LogP contribution < -0.4 is 0 Å². The van der Waals surface area contributed by atoms with Crippen LogP contribution in [0.1, 0.15) is 13.8 Å². The van der Waals surface area contributed by atoms with Gasteiger partial charge in [0.15, 0.2) is 5.65 Å². The Morgan fingerprint density at radius 2 is 2.30 bits per heavy atom. The minimum Gasteiger partial charge on any atom is -0.282 e. The van der Waals surface area contributed by atoms with Crippen LogP contribution >= 0.6 is 0 Å². The molecule has 1 N–H and O–H groups in total. The van der Waals surface area contributed by atoms with E-state index in [2.05, 4.69) is 10.1 Å². The van der Waals surface area contributed by atoms with Gasteiger partial charge in [0.1, 0.15) is 6.33 Å². The molecule has 0 aliphatic rings. The standard InChI is InChI=1S/C5H5N3.C2H6/c1-2-5-6-4-7-8(5)3-1;1-2/h1-4H,(H,6,7);1-2H3. The minimum atomic E-state index is 0.963. The molecule has 0 bridgehead atoms. The lowest BCUT2D eigenvalue weighted by Crippen LogP contribution is -1.74. The molecule has 2 aromatic heterocycles. The molecule has 0 amide bonds.